The highest BCUT2D eigenvalue weighted by Crippen LogP contribution is 2.40. The Bertz CT molecular complexity index is 512. The van der Waals surface area contributed by atoms with Gasteiger partial charge in [-0.05, 0) is 62.4 Å². The first-order valence-corrected chi connectivity index (χ1v) is 12.5. The van der Waals surface area contributed by atoms with E-state index in [1.54, 1.807) is 18.7 Å². The molecule has 1 unspecified atom stereocenters. The highest BCUT2D eigenvalue weighted by Gasteiger charge is 2.33. The van der Waals surface area contributed by atoms with Gasteiger partial charge in [-0.1, -0.05) is 27.2 Å². The third-order valence-corrected chi connectivity index (χ3v) is 7.77. The molecular weight excluding hydrogens is 356 g/mol. The molecule has 7 heteroatoms. The minimum atomic E-state index is -3.39. The second-order valence-corrected chi connectivity index (χ2v) is 10.8. The third kappa shape index (κ3) is 7.47. The largest absolute Gasteiger partial charge is 0.352 e. The summed E-state index contributed by atoms with van der Waals surface area (Å²) in [6, 6.07) is -0.499. The maximum absolute atomic E-state index is 12.6. The predicted octanol–water partition coefficient (Wildman–Crippen LogP) is 3.16. The van der Waals surface area contributed by atoms with E-state index in [9.17, 15) is 13.2 Å². The fraction of sp³-hybridized carbons (Fsp3) is 0.944. The molecule has 0 aromatic heterocycles. The van der Waals surface area contributed by atoms with Gasteiger partial charge in [-0.3, -0.25) is 4.79 Å². The zero-order chi connectivity index (χ0) is 19.1. The first-order chi connectivity index (χ1) is 11.6. The van der Waals surface area contributed by atoms with Crippen LogP contribution in [0.1, 0.15) is 66.2 Å². The van der Waals surface area contributed by atoms with Crippen LogP contribution in [0.25, 0.3) is 0 Å². The van der Waals surface area contributed by atoms with Gasteiger partial charge in [0.2, 0.25) is 15.9 Å². The predicted molar refractivity (Wildman–Crippen MR) is 107 cm³/mol. The van der Waals surface area contributed by atoms with Crippen molar-refractivity contribution in [3.05, 3.63) is 0 Å². The molecule has 25 heavy (non-hydrogen) atoms. The highest BCUT2D eigenvalue weighted by molar-refractivity contribution is 7.98. The van der Waals surface area contributed by atoms with Crippen LogP contribution in [0.2, 0.25) is 0 Å². The Morgan fingerprint density at radius 1 is 1.20 bits per heavy atom. The van der Waals surface area contributed by atoms with Gasteiger partial charge in [-0.15, -0.1) is 0 Å². The molecule has 0 aromatic carbocycles. The number of amides is 1. The summed E-state index contributed by atoms with van der Waals surface area (Å²) in [4.78, 5) is 12.6. The summed E-state index contributed by atoms with van der Waals surface area (Å²) in [5.74, 6) is 1.27. The van der Waals surface area contributed by atoms with Crippen molar-refractivity contribution in [3.63, 3.8) is 0 Å². The minimum Gasteiger partial charge on any atom is -0.352 e. The van der Waals surface area contributed by atoms with Crippen molar-refractivity contribution in [3.8, 4) is 0 Å². The van der Waals surface area contributed by atoms with E-state index in [2.05, 4.69) is 30.8 Å². The molecule has 1 rings (SSSR count). The monoisotopic (exact) mass is 392 g/mol. The third-order valence-electron chi connectivity index (χ3n) is 5.72. The van der Waals surface area contributed by atoms with Gasteiger partial charge >= 0.3 is 0 Å². The lowest BCUT2D eigenvalue weighted by Gasteiger charge is -2.39. The van der Waals surface area contributed by atoms with Crippen molar-refractivity contribution >= 4 is 27.7 Å². The van der Waals surface area contributed by atoms with Crippen LogP contribution in [0.3, 0.4) is 0 Å². The molecule has 2 N–H and O–H groups in total. The van der Waals surface area contributed by atoms with E-state index in [1.165, 1.54) is 6.42 Å². The average molecular weight is 393 g/mol. The van der Waals surface area contributed by atoms with Gasteiger partial charge in [0.25, 0.3) is 0 Å². The number of sulfonamides is 1. The quantitative estimate of drug-likeness (QED) is 0.599. The Hall–Kier alpha value is -0.270. The van der Waals surface area contributed by atoms with Crippen LogP contribution in [0.5, 0.6) is 0 Å². The summed E-state index contributed by atoms with van der Waals surface area (Å²) < 4.78 is 26.3. The maximum atomic E-state index is 12.6. The normalized spacial score (nSPS) is 23.2. The molecule has 0 aromatic rings. The summed E-state index contributed by atoms with van der Waals surface area (Å²) >= 11 is 1.62. The molecule has 1 amide bonds. The van der Waals surface area contributed by atoms with E-state index in [0.29, 0.717) is 17.8 Å². The molecule has 148 valence electrons. The molecule has 1 aliphatic carbocycles. The van der Waals surface area contributed by atoms with Gasteiger partial charge in [-0.25, -0.2) is 13.1 Å². The Kier molecular flexibility index (Phi) is 9.26. The van der Waals surface area contributed by atoms with Gasteiger partial charge < -0.3 is 5.32 Å². The lowest BCUT2D eigenvalue weighted by Crippen LogP contribution is -2.51. The number of thioether (sulfide) groups is 1. The maximum Gasteiger partial charge on any atom is 0.238 e. The minimum absolute atomic E-state index is 0.00669. The van der Waals surface area contributed by atoms with Gasteiger partial charge in [0.05, 0.1) is 5.75 Å². The van der Waals surface area contributed by atoms with Crippen molar-refractivity contribution in [2.24, 2.45) is 11.3 Å². The molecular formula is C18H36N2O3S2. The first kappa shape index (κ1) is 22.8. The van der Waals surface area contributed by atoms with E-state index >= 15 is 0 Å². The van der Waals surface area contributed by atoms with Crippen molar-refractivity contribution < 1.29 is 13.2 Å². The number of nitrogens with one attached hydrogen (secondary N) is 2. The molecule has 1 saturated carbocycles. The zero-order valence-corrected chi connectivity index (χ0v) is 18.1. The lowest BCUT2D eigenvalue weighted by atomic mass is 9.69. The van der Waals surface area contributed by atoms with E-state index in [1.807, 2.05) is 6.26 Å². The Morgan fingerprint density at radius 2 is 1.80 bits per heavy atom. The number of rotatable bonds is 10. The molecule has 0 heterocycles. The van der Waals surface area contributed by atoms with Crippen LogP contribution in [-0.4, -0.2) is 44.2 Å². The number of carbonyl (C=O) groups excluding carboxylic acids is 1. The number of hydrogen-bond acceptors (Lipinski definition) is 4. The Morgan fingerprint density at radius 3 is 2.28 bits per heavy atom. The number of carbonyl (C=O) groups is 1. The van der Waals surface area contributed by atoms with Crippen LogP contribution >= 0.6 is 11.8 Å². The van der Waals surface area contributed by atoms with Crippen molar-refractivity contribution in [2.45, 2.75) is 78.3 Å². The molecule has 1 atom stereocenters. The Balaban J connectivity index is 2.60. The molecule has 0 bridgehead atoms. The van der Waals surface area contributed by atoms with Crippen LogP contribution in [0.15, 0.2) is 0 Å². The standard InChI is InChI=1S/C18H36N2O3S2/c1-6-18(3,4)14-8-10-15(11-9-14)19-17(21)16(12-13-24-5)20-25(22,23)7-2/h14-16,20H,6-13H2,1-5H3,(H,19,21). The fourth-order valence-corrected chi connectivity index (χ4v) is 4.69. The second-order valence-electron chi connectivity index (χ2n) is 7.75. The van der Waals surface area contributed by atoms with Gasteiger partial charge in [0, 0.05) is 6.04 Å². The molecule has 1 aliphatic rings. The molecule has 0 spiro atoms. The average Bonchev–Trinajstić information content (AvgIpc) is 2.59. The van der Waals surface area contributed by atoms with E-state index in [-0.39, 0.29) is 17.7 Å². The second kappa shape index (κ2) is 10.2. The summed E-state index contributed by atoms with van der Waals surface area (Å²) in [6.07, 6.45) is 7.86. The SMILES string of the molecule is CCC(C)(C)C1CCC(NC(=O)C(CCSC)NS(=O)(=O)CC)CC1. The summed E-state index contributed by atoms with van der Waals surface area (Å²) in [5.41, 5.74) is 0.354. The molecule has 0 aliphatic heterocycles. The van der Waals surface area contributed by atoms with Gasteiger partial charge in [-0.2, -0.15) is 11.8 Å². The molecule has 0 saturated heterocycles. The van der Waals surface area contributed by atoms with Gasteiger partial charge in [0.15, 0.2) is 0 Å². The first-order valence-electron chi connectivity index (χ1n) is 9.44. The fourth-order valence-electron chi connectivity index (χ4n) is 3.39. The molecule has 1 fully saturated rings. The van der Waals surface area contributed by atoms with Crippen molar-refractivity contribution in [1.82, 2.24) is 10.0 Å². The smallest absolute Gasteiger partial charge is 0.238 e. The lowest BCUT2D eigenvalue weighted by molar-refractivity contribution is -0.123. The van der Waals surface area contributed by atoms with Crippen LogP contribution < -0.4 is 10.0 Å². The van der Waals surface area contributed by atoms with Crippen LogP contribution in [0.4, 0.5) is 0 Å². The van der Waals surface area contributed by atoms with Gasteiger partial charge in [0.1, 0.15) is 6.04 Å². The van der Waals surface area contributed by atoms with E-state index in [0.717, 1.165) is 31.4 Å². The summed E-state index contributed by atoms with van der Waals surface area (Å²) in [5, 5.41) is 3.09. The summed E-state index contributed by atoms with van der Waals surface area (Å²) in [7, 11) is -3.39. The van der Waals surface area contributed by atoms with Crippen LogP contribution in [-0.2, 0) is 14.8 Å². The highest BCUT2D eigenvalue weighted by atomic mass is 32.2. The van der Waals surface area contributed by atoms with E-state index in [4.69, 9.17) is 0 Å². The van der Waals surface area contributed by atoms with E-state index < -0.39 is 16.1 Å². The van der Waals surface area contributed by atoms with Crippen LogP contribution in [0, 0.1) is 11.3 Å². The van der Waals surface area contributed by atoms with Crippen molar-refractivity contribution in [1.29, 1.82) is 0 Å². The molecule has 0 radical (unpaired) electrons. The van der Waals surface area contributed by atoms with Crippen molar-refractivity contribution in [2.75, 3.05) is 17.8 Å². The Labute approximate surface area is 158 Å². The number of hydrogen-bond donors (Lipinski definition) is 2. The zero-order valence-electron chi connectivity index (χ0n) is 16.4. The molecule has 5 nitrogen and oxygen atoms in total. The topological polar surface area (TPSA) is 75.3 Å². The summed E-state index contributed by atoms with van der Waals surface area (Å²) in [6.45, 7) is 8.48.